The van der Waals surface area contributed by atoms with E-state index in [0.29, 0.717) is 0 Å². The quantitative estimate of drug-likeness (QED) is 0.724. The smallest absolute Gasteiger partial charge is 0.407 e. The van der Waals surface area contributed by atoms with Gasteiger partial charge in [0, 0.05) is 18.9 Å². The van der Waals surface area contributed by atoms with E-state index in [1.165, 1.54) is 0 Å². The van der Waals surface area contributed by atoms with Gasteiger partial charge < -0.3 is 19.9 Å². The molecule has 0 aliphatic heterocycles. The molecule has 0 heterocycles. The summed E-state index contributed by atoms with van der Waals surface area (Å²) in [5.74, 6) is -1.17. The van der Waals surface area contributed by atoms with Gasteiger partial charge in [-0.3, -0.25) is 0 Å². The van der Waals surface area contributed by atoms with Gasteiger partial charge in [0.25, 0.3) is 0 Å². The minimum absolute atomic E-state index is 0.00361. The summed E-state index contributed by atoms with van der Waals surface area (Å²) >= 11 is 0. The molecule has 2 aromatic rings. The largest absolute Gasteiger partial charge is 0.480 e. The van der Waals surface area contributed by atoms with Crippen molar-refractivity contribution in [2.24, 2.45) is 0 Å². The van der Waals surface area contributed by atoms with Crippen LogP contribution in [0.3, 0.4) is 0 Å². The zero-order chi connectivity index (χ0) is 20.1. The number of carboxylic acid groups (broad SMARTS) is 1. The van der Waals surface area contributed by atoms with E-state index in [1.807, 2.05) is 50.2 Å². The van der Waals surface area contributed by atoms with Crippen LogP contribution in [0, 0.1) is 0 Å². The molecule has 0 spiro atoms. The number of alkyl carbamates (subject to hydrolysis) is 1. The lowest BCUT2D eigenvalue weighted by atomic mass is 9.98. The van der Waals surface area contributed by atoms with Crippen LogP contribution in [0.4, 0.5) is 4.79 Å². The highest BCUT2D eigenvalue weighted by atomic mass is 16.5. The van der Waals surface area contributed by atoms with E-state index in [-0.39, 0.29) is 31.7 Å². The van der Waals surface area contributed by atoms with Crippen LogP contribution in [-0.4, -0.2) is 42.5 Å². The molecule has 1 amide bonds. The van der Waals surface area contributed by atoms with Gasteiger partial charge in [0.05, 0.1) is 6.10 Å². The van der Waals surface area contributed by atoms with Crippen LogP contribution in [0.5, 0.6) is 0 Å². The number of carbonyl (C=O) groups is 2. The van der Waals surface area contributed by atoms with E-state index in [4.69, 9.17) is 9.47 Å². The average molecular weight is 383 g/mol. The standard InChI is InChI=1S/C22H25NO5/c1-14(2)27-12-11-20(21(24)25)23-22(26)28-13-19-17-9-5-3-7-15(17)16-8-4-6-10-18(16)19/h3-10,14,19-20H,11-13H2,1-2H3,(H,23,26)(H,24,25)/t20-/m1/s1. The van der Waals surface area contributed by atoms with Crippen molar-refractivity contribution in [2.45, 2.75) is 38.3 Å². The van der Waals surface area contributed by atoms with Crippen LogP contribution in [0.25, 0.3) is 11.1 Å². The highest BCUT2D eigenvalue weighted by Gasteiger charge is 2.29. The van der Waals surface area contributed by atoms with Gasteiger partial charge in [-0.2, -0.15) is 0 Å². The third-order valence-electron chi connectivity index (χ3n) is 4.79. The Kier molecular flexibility index (Phi) is 6.31. The number of aliphatic carboxylic acids is 1. The summed E-state index contributed by atoms with van der Waals surface area (Å²) in [6.45, 7) is 4.14. The minimum Gasteiger partial charge on any atom is -0.480 e. The second-order valence-electron chi connectivity index (χ2n) is 7.07. The molecule has 3 rings (SSSR count). The predicted octanol–water partition coefficient (Wildman–Crippen LogP) is 3.79. The van der Waals surface area contributed by atoms with Crippen LogP contribution < -0.4 is 5.32 Å². The van der Waals surface area contributed by atoms with Crippen LogP contribution in [-0.2, 0) is 14.3 Å². The number of nitrogens with one attached hydrogen (secondary N) is 1. The Hall–Kier alpha value is -2.86. The van der Waals surface area contributed by atoms with E-state index >= 15 is 0 Å². The normalized spacial score (nSPS) is 13.7. The van der Waals surface area contributed by atoms with E-state index in [9.17, 15) is 14.7 Å². The van der Waals surface area contributed by atoms with Gasteiger partial charge in [-0.25, -0.2) is 9.59 Å². The van der Waals surface area contributed by atoms with Crippen molar-refractivity contribution in [2.75, 3.05) is 13.2 Å². The lowest BCUT2D eigenvalue weighted by molar-refractivity contribution is -0.140. The van der Waals surface area contributed by atoms with E-state index in [1.54, 1.807) is 0 Å². The van der Waals surface area contributed by atoms with Gasteiger partial charge in [-0.15, -0.1) is 0 Å². The molecule has 2 aromatic carbocycles. The molecule has 0 radical (unpaired) electrons. The van der Waals surface area contributed by atoms with Gasteiger partial charge >= 0.3 is 12.1 Å². The SMILES string of the molecule is CC(C)OCC[C@@H](NC(=O)OCC1c2ccccc2-c2ccccc21)C(=O)O. The molecule has 148 valence electrons. The van der Waals surface area contributed by atoms with Gasteiger partial charge in [-0.1, -0.05) is 48.5 Å². The van der Waals surface area contributed by atoms with Crippen LogP contribution in [0.15, 0.2) is 48.5 Å². The van der Waals surface area contributed by atoms with E-state index in [2.05, 4.69) is 17.4 Å². The Bertz CT molecular complexity index is 803. The molecule has 0 unspecified atom stereocenters. The first-order chi connectivity index (χ1) is 13.5. The molecule has 0 saturated carbocycles. The summed E-state index contributed by atoms with van der Waals surface area (Å²) in [7, 11) is 0. The van der Waals surface area contributed by atoms with E-state index < -0.39 is 18.1 Å². The van der Waals surface area contributed by atoms with Crippen molar-refractivity contribution < 1.29 is 24.2 Å². The van der Waals surface area contributed by atoms with Crippen molar-refractivity contribution in [1.29, 1.82) is 0 Å². The second kappa shape index (κ2) is 8.89. The van der Waals surface area contributed by atoms with Gasteiger partial charge in [0.2, 0.25) is 0 Å². The van der Waals surface area contributed by atoms with E-state index in [0.717, 1.165) is 22.3 Å². The predicted molar refractivity (Wildman–Crippen MR) is 105 cm³/mol. The molecule has 0 saturated heterocycles. The van der Waals surface area contributed by atoms with Crippen molar-refractivity contribution in [3.8, 4) is 11.1 Å². The van der Waals surface area contributed by atoms with Crippen LogP contribution in [0.2, 0.25) is 0 Å². The maximum Gasteiger partial charge on any atom is 0.407 e. The molecular formula is C22H25NO5. The summed E-state index contributed by atoms with van der Waals surface area (Å²) in [6.07, 6.45) is -0.555. The van der Waals surface area contributed by atoms with Crippen LogP contribution in [0.1, 0.15) is 37.3 Å². The lowest BCUT2D eigenvalue weighted by Gasteiger charge is -2.18. The highest BCUT2D eigenvalue weighted by molar-refractivity contribution is 5.81. The number of hydrogen-bond donors (Lipinski definition) is 2. The number of ether oxygens (including phenoxy) is 2. The summed E-state index contributed by atoms with van der Waals surface area (Å²) in [6, 6.07) is 15.0. The Morgan fingerprint density at radius 1 is 1.04 bits per heavy atom. The number of rotatable bonds is 8. The Balaban J connectivity index is 1.62. The fourth-order valence-corrected chi connectivity index (χ4v) is 3.46. The molecule has 1 atom stereocenters. The van der Waals surface area contributed by atoms with Crippen LogP contribution >= 0.6 is 0 Å². The zero-order valence-electron chi connectivity index (χ0n) is 16.1. The van der Waals surface area contributed by atoms with Crippen molar-refractivity contribution >= 4 is 12.1 Å². The molecule has 0 bridgehead atoms. The Morgan fingerprint density at radius 3 is 2.14 bits per heavy atom. The topological polar surface area (TPSA) is 84.9 Å². The maximum absolute atomic E-state index is 12.2. The monoisotopic (exact) mass is 383 g/mol. The number of carboxylic acids is 1. The molecule has 0 fully saturated rings. The molecule has 1 aliphatic carbocycles. The highest BCUT2D eigenvalue weighted by Crippen LogP contribution is 2.44. The Morgan fingerprint density at radius 2 is 1.61 bits per heavy atom. The Labute approximate surface area is 164 Å². The number of fused-ring (bicyclic) bond motifs is 3. The fraction of sp³-hybridized carbons (Fsp3) is 0.364. The number of amides is 1. The van der Waals surface area contributed by atoms with Gasteiger partial charge in [-0.05, 0) is 36.1 Å². The molecule has 2 N–H and O–H groups in total. The number of benzene rings is 2. The zero-order valence-corrected chi connectivity index (χ0v) is 16.1. The van der Waals surface area contributed by atoms with Crippen molar-refractivity contribution in [3.63, 3.8) is 0 Å². The molecule has 1 aliphatic rings. The van der Waals surface area contributed by atoms with Gasteiger partial charge in [0.1, 0.15) is 12.6 Å². The first kappa shape index (κ1) is 19.9. The lowest BCUT2D eigenvalue weighted by Crippen LogP contribution is -2.42. The average Bonchev–Trinajstić information content (AvgIpc) is 2.99. The number of carbonyl (C=O) groups excluding carboxylic acids is 1. The summed E-state index contributed by atoms with van der Waals surface area (Å²) in [5.41, 5.74) is 4.50. The summed E-state index contributed by atoms with van der Waals surface area (Å²) in [4.78, 5) is 23.6. The first-order valence-electron chi connectivity index (χ1n) is 9.43. The molecule has 28 heavy (non-hydrogen) atoms. The molecular weight excluding hydrogens is 358 g/mol. The van der Waals surface area contributed by atoms with Crippen molar-refractivity contribution in [1.82, 2.24) is 5.32 Å². The third-order valence-corrected chi connectivity index (χ3v) is 4.79. The maximum atomic E-state index is 12.2. The second-order valence-corrected chi connectivity index (χ2v) is 7.07. The fourth-order valence-electron chi connectivity index (χ4n) is 3.46. The molecule has 6 heteroatoms. The molecule has 0 aromatic heterocycles. The minimum atomic E-state index is -1.11. The molecule has 6 nitrogen and oxygen atoms in total. The number of hydrogen-bond acceptors (Lipinski definition) is 4. The van der Waals surface area contributed by atoms with Gasteiger partial charge in [0.15, 0.2) is 0 Å². The van der Waals surface area contributed by atoms with Crippen molar-refractivity contribution in [3.05, 3.63) is 59.7 Å². The first-order valence-corrected chi connectivity index (χ1v) is 9.43. The summed E-state index contributed by atoms with van der Waals surface area (Å²) in [5, 5.41) is 11.7. The third kappa shape index (κ3) is 4.51. The summed E-state index contributed by atoms with van der Waals surface area (Å²) < 4.78 is 10.8.